The first-order valence-corrected chi connectivity index (χ1v) is 8.98. The highest BCUT2D eigenvalue weighted by atomic mass is 32.2. The summed E-state index contributed by atoms with van der Waals surface area (Å²) in [6.07, 6.45) is 3.37. The molecule has 20 heavy (non-hydrogen) atoms. The smallest absolute Gasteiger partial charge is 0.0558 e. The van der Waals surface area contributed by atoms with Crippen LogP contribution in [0, 0.1) is 0 Å². The van der Waals surface area contributed by atoms with Crippen molar-refractivity contribution < 1.29 is 0 Å². The molecule has 1 N–H and O–H groups in total. The molecule has 1 aliphatic heterocycles. The average Bonchev–Trinajstić information content (AvgIpc) is 2.49. The maximum absolute atomic E-state index is 3.79. The Morgan fingerprint density at radius 2 is 1.95 bits per heavy atom. The number of piperazine rings is 1. The molecule has 0 spiro atoms. The minimum absolute atomic E-state index is 0.103. The molecule has 2 rings (SSSR count). The maximum atomic E-state index is 3.79. The van der Waals surface area contributed by atoms with Crippen LogP contribution in [0.5, 0.6) is 0 Å². The summed E-state index contributed by atoms with van der Waals surface area (Å²) < 4.78 is 0. The first-order valence-electron chi connectivity index (χ1n) is 7.58. The van der Waals surface area contributed by atoms with Crippen molar-refractivity contribution in [3.05, 3.63) is 35.9 Å². The molecule has 2 unspecified atom stereocenters. The van der Waals surface area contributed by atoms with Gasteiger partial charge in [0.25, 0.3) is 0 Å². The van der Waals surface area contributed by atoms with Crippen LogP contribution >= 0.6 is 11.8 Å². The molecular formula is C17H28N2S. The number of nitrogens with one attached hydrogen (secondary N) is 1. The second-order valence-electron chi connectivity index (χ2n) is 6.32. The van der Waals surface area contributed by atoms with Gasteiger partial charge in [-0.2, -0.15) is 11.8 Å². The third kappa shape index (κ3) is 3.21. The van der Waals surface area contributed by atoms with Crippen molar-refractivity contribution >= 4 is 11.8 Å². The van der Waals surface area contributed by atoms with Crippen molar-refractivity contribution in [2.45, 2.75) is 38.3 Å². The predicted molar refractivity (Wildman–Crippen MR) is 90.4 cm³/mol. The van der Waals surface area contributed by atoms with Crippen LogP contribution in [0.3, 0.4) is 0 Å². The summed E-state index contributed by atoms with van der Waals surface area (Å²) in [7, 11) is 0. The molecule has 3 heteroatoms. The second kappa shape index (κ2) is 6.50. The zero-order chi connectivity index (χ0) is 14.6. The van der Waals surface area contributed by atoms with Gasteiger partial charge < -0.3 is 5.32 Å². The van der Waals surface area contributed by atoms with E-state index in [-0.39, 0.29) is 11.1 Å². The summed E-state index contributed by atoms with van der Waals surface area (Å²) in [5.74, 6) is 1.20. The van der Waals surface area contributed by atoms with E-state index >= 15 is 0 Å². The Morgan fingerprint density at radius 3 is 2.55 bits per heavy atom. The van der Waals surface area contributed by atoms with E-state index in [9.17, 15) is 0 Å². The minimum Gasteiger partial charge on any atom is -0.308 e. The van der Waals surface area contributed by atoms with Crippen molar-refractivity contribution in [1.82, 2.24) is 10.2 Å². The lowest BCUT2D eigenvalue weighted by molar-refractivity contribution is 0.0222. The van der Waals surface area contributed by atoms with Gasteiger partial charge in [0.2, 0.25) is 0 Å². The quantitative estimate of drug-likeness (QED) is 0.896. The van der Waals surface area contributed by atoms with Gasteiger partial charge in [-0.3, -0.25) is 4.90 Å². The largest absolute Gasteiger partial charge is 0.308 e. The van der Waals surface area contributed by atoms with Crippen LogP contribution in [0.4, 0.5) is 0 Å². The molecule has 0 bridgehead atoms. The van der Waals surface area contributed by atoms with E-state index in [1.54, 1.807) is 0 Å². The van der Waals surface area contributed by atoms with E-state index in [1.807, 2.05) is 11.8 Å². The molecule has 0 amide bonds. The van der Waals surface area contributed by atoms with Crippen molar-refractivity contribution in [3.63, 3.8) is 0 Å². The van der Waals surface area contributed by atoms with Gasteiger partial charge in [-0.15, -0.1) is 0 Å². The van der Waals surface area contributed by atoms with Crippen molar-refractivity contribution in [1.29, 1.82) is 0 Å². The molecule has 1 aromatic rings. The lowest BCUT2D eigenvalue weighted by Crippen LogP contribution is -2.66. The fraction of sp³-hybridized carbons (Fsp3) is 0.647. The summed E-state index contributed by atoms with van der Waals surface area (Å²) >= 11 is 1.94. The molecule has 112 valence electrons. The van der Waals surface area contributed by atoms with E-state index in [2.05, 4.69) is 67.6 Å². The number of benzene rings is 1. The predicted octanol–water partition coefficient (Wildman–Crippen LogP) is 3.34. The number of rotatable bonds is 5. The second-order valence-corrected chi connectivity index (χ2v) is 7.31. The molecule has 1 saturated heterocycles. The zero-order valence-corrected chi connectivity index (χ0v) is 14.1. The normalized spacial score (nSPS) is 31.4. The van der Waals surface area contributed by atoms with Crippen molar-refractivity contribution in [2.75, 3.05) is 31.6 Å². The highest BCUT2D eigenvalue weighted by Crippen LogP contribution is 2.34. The van der Waals surface area contributed by atoms with E-state index in [4.69, 9.17) is 0 Å². The average molecular weight is 292 g/mol. The Bertz CT molecular complexity index is 422. The minimum atomic E-state index is 0.103. The van der Waals surface area contributed by atoms with Crippen LogP contribution in [-0.2, 0) is 5.54 Å². The highest BCUT2D eigenvalue weighted by Gasteiger charge is 2.42. The fourth-order valence-corrected chi connectivity index (χ4v) is 3.40. The molecule has 1 aromatic carbocycles. The zero-order valence-electron chi connectivity index (χ0n) is 13.3. The van der Waals surface area contributed by atoms with Gasteiger partial charge in [-0.1, -0.05) is 37.3 Å². The number of hydrogen-bond donors (Lipinski definition) is 1. The van der Waals surface area contributed by atoms with Gasteiger partial charge in [0.15, 0.2) is 0 Å². The maximum Gasteiger partial charge on any atom is 0.0558 e. The number of thioether (sulfide) groups is 1. The summed E-state index contributed by atoms with van der Waals surface area (Å²) in [6, 6.07) is 10.9. The number of hydrogen-bond acceptors (Lipinski definition) is 3. The van der Waals surface area contributed by atoms with Crippen LogP contribution in [0.2, 0.25) is 0 Å². The molecule has 1 aliphatic rings. The SMILES string of the molecule is CCC1(C)CN(CCSC)C(C)(c2ccccc2)CN1. The standard InChI is InChI=1S/C17H28N2S/c1-5-16(2)14-19(11-12-20-4)17(3,13-18-16)15-9-7-6-8-10-15/h6-10,18H,5,11-14H2,1-4H3. The van der Waals surface area contributed by atoms with Gasteiger partial charge in [0.1, 0.15) is 0 Å². The lowest BCUT2D eigenvalue weighted by Gasteiger charge is -2.52. The third-order valence-electron chi connectivity index (χ3n) is 4.84. The molecule has 0 aliphatic carbocycles. The van der Waals surface area contributed by atoms with Gasteiger partial charge in [-0.25, -0.2) is 0 Å². The Morgan fingerprint density at radius 1 is 1.25 bits per heavy atom. The van der Waals surface area contributed by atoms with E-state index in [0.29, 0.717) is 0 Å². The highest BCUT2D eigenvalue weighted by molar-refractivity contribution is 7.98. The van der Waals surface area contributed by atoms with Gasteiger partial charge in [-0.05, 0) is 32.1 Å². The number of nitrogens with zero attached hydrogens (tertiary/aromatic N) is 1. The molecular weight excluding hydrogens is 264 g/mol. The molecule has 2 atom stereocenters. The first kappa shape index (κ1) is 15.9. The van der Waals surface area contributed by atoms with Gasteiger partial charge in [0.05, 0.1) is 5.54 Å². The van der Waals surface area contributed by atoms with E-state index in [0.717, 1.165) is 19.6 Å². The lowest BCUT2D eigenvalue weighted by atomic mass is 9.83. The topological polar surface area (TPSA) is 15.3 Å². The molecule has 0 aromatic heterocycles. The Labute approximate surface area is 128 Å². The third-order valence-corrected chi connectivity index (χ3v) is 5.43. The van der Waals surface area contributed by atoms with Crippen LogP contribution in [0.1, 0.15) is 32.8 Å². The summed E-state index contributed by atoms with van der Waals surface area (Å²) in [4.78, 5) is 2.68. The summed E-state index contributed by atoms with van der Waals surface area (Å²) in [5.41, 5.74) is 1.77. The van der Waals surface area contributed by atoms with Gasteiger partial charge in [0, 0.05) is 30.9 Å². The molecule has 1 heterocycles. The first-order chi connectivity index (χ1) is 9.54. The van der Waals surface area contributed by atoms with E-state index < -0.39 is 0 Å². The summed E-state index contributed by atoms with van der Waals surface area (Å²) in [6.45, 7) is 10.3. The van der Waals surface area contributed by atoms with Crippen LogP contribution in [0.25, 0.3) is 0 Å². The Balaban J connectivity index is 2.26. The van der Waals surface area contributed by atoms with E-state index in [1.165, 1.54) is 17.7 Å². The van der Waals surface area contributed by atoms with Crippen molar-refractivity contribution in [3.8, 4) is 0 Å². The molecule has 2 nitrogen and oxygen atoms in total. The molecule has 0 saturated carbocycles. The Hall–Kier alpha value is -0.510. The van der Waals surface area contributed by atoms with Crippen molar-refractivity contribution in [2.24, 2.45) is 0 Å². The molecule has 1 fully saturated rings. The van der Waals surface area contributed by atoms with Crippen LogP contribution in [0.15, 0.2) is 30.3 Å². The molecule has 0 radical (unpaired) electrons. The van der Waals surface area contributed by atoms with Gasteiger partial charge >= 0.3 is 0 Å². The van der Waals surface area contributed by atoms with Crippen LogP contribution in [-0.4, -0.2) is 42.1 Å². The fourth-order valence-electron chi connectivity index (χ4n) is 2.99. The monoisotopic (exact) mass is 292 g/mol. The Kier molecular flexibility index (Phi) is 5.16. The van der Waals surface area contributed by atoms with Crippen LogP contribution < -0.4 is 5.32 Å². The summed E-state index contributed by atoms with van der Waals surface area (Å²) in [5, 5.41) is 3.79.